The van der Waals surface area contributed by atoms with Crippen LogP contribution in [0.3, 0.4) is 0 Å². The number of hydrogen-bond donors (Lipinski definition) is 2. The molecule has 0 aromatic rings. The van der Waals surface area contributed by atoms with Crippen molar-refractivity contribution in [3.8, 4) is 0 Å². The highest BCUT2D eigenvalue weighted by Crippen LogP contribution is 2.08. The molecular weight excluding hydrogens is 208 g/mol. The van der Waals surface area contributed by atoms with E-state index in [1.54, 1.807) is 0 Å². The van der Waals surface area contributed by atoms with Crippen molar-refractivity contribution in [3.05, 3.63) is 0 Å². The van der Waals surface area contributed by atoms with Crippen LogP contribution < -0.4 is 10.6 Å². The van der Waals surface area contributed by atoms with Crippen LogP contribution in [-0.2, 0) is 14.4 Å². The van der Waals surface area contributed by atoms with Crippen LogP contribution in [0.2, 0.25) is 0 Å². The molecule has 0 aromatic heterocycles. The second-order valence-electron chi connectivity index (χ2n) is 4.20. The Morgan fingerprint density at radius 2 is 2.25 bits per heavy atom. The van der Waals surface area contributed by atoms with Gasteiger partial charge in [-0.1, -0.05) is 20.3 Å². The van der Waals surface area contributed by atoms with Gasteiger partial charge in [0.05, 0.1) is 0 Å². The number of nitrogens with one attached hydrogen (secondary N) is 2. The molecule has 1 fully saturated rings. The van der Waals surface area contributed by atoms with Crippen LogP contribution in [0.15, 0.2) is 0 Å². The third-order valence-corrected chi connectivity index (χ3v) is 2.72. The molecule has 0 bridgehead atoms. The molecule has 16 heavy (non-hydrogen) atoms. The first-order valence-corrected chi connectivity index (χ1v) is 5.68. The van der Waals surface area contributed by atoms with Crippen molar-refractivity contribution in [1.29, 1.82) is 0 Å². The van der Waals surface area contributed by atoms with Crippen LogP contribution in [0.1, 0.15) is 39.5 Å². The molecule has 5 heteroatoms. The Labute approximate surface area is 95.0 Å². The topological polar surface area (TPSA) is 75.3 Å². The minimum atomic E-state index is -0.551. The van der Waals surface area contributed by atoms with Gasteiger partial charge in [-0.25, -0.2) is 0 Å². The van der Waals surface area contributed by atoms with Crippen LogP contribution in [-0.4, -0.2) is 23.8 Å². The summed E-state index contributed by atoms with van der Waals surface area (Å²) in [5, 5.41) is 4.88. The molecule has 1 rings (SSSR count). The Morgan fingerprint density at radius 1 is 1.56 bits per heavy atom. The molecule has 0 spiro atoms. The van der Waals surface area contributed by atoms with Crippen LogP contribution in [0.4, 0.5) is 0 Å². The van der Waals surface area contributed by atoms with Gasteiger partial charge in [0.25, 0.3) is 0 Å². The van der Waals surface area contributed by atoms with Gasteiger partial charge in [0.15, 0.2) is 0 Å². The zero-order valence-electron chi connectivity index (χ0n) is 9.71. The summed E-state index contributed by atoms with van der Waals surface area (Å²) in [6.07, 6.45) is 2.43. The van der Waals surface area contributed by atoms with Crippen molar-refractivity contribution >= 4 is 17.7 Å². The summed E-state index contributed by atoms with van der Waals surface area (Å²) >= 11 is 0. The Kier molecular flexibility index (Phi) is 4.46. The van der Waals surface area contributed by atoms with Gasteiger partial charge in [-0.15, -0.1) is 0 Å². The van der Waals surface area contributed by atoms with Crippen molar-refractivity contribution in [2.24, 2.45) is 5.92 Å². The number of piperidine rings is 1. The summed E-state index contributed by atoms with van der Waals surface area (Å²) in [6, 6.07) is -0.551. The van der Waals surface area contributed by atoms with Crippen LogP contribution in [0.5, 0.6) is 0 Å². The van der Waals surface area contributed by atoms with Gasteiger partial charge in [0.2, 0.25) is 17.7 Å². The van der Waals surface area contributed by atoms with E-state index in [9.17, 15) is 14.4 Å². The molecule has 1 aliphatic rings. The van der Waals surface area contributed by atoms with E-state index in [4.69, 9.17) is 0 Å². The molecule has 90 valence electrons. The number of amides is 3. The normalized spacial score (nSPS) is 22.5. The Morgan fingerprint density at radius 3 is 2.81 bits per heavy atom. The number of hydrogen-bond acceptors (Lipinski definition) is 3. The predicted molar refractivity (Wildman–Crippen MR) is 58.4 cm³/mol. The molecule has 5 nitrogen and oxygen atoms in total. The van der Waals surface area contributed by atoms with Crippen molar-refractivity contribution in [3.63, 3.8) is 0 Å². The van der Waals surface area contributed by atoms with Crippen molar-refractivity contribution < 1.29 is 14.4 Å². The monoisotopic (exact) mass is 226 g/mol. The van der Waals surface area contributed by atoms with Gasteiger partial charge in [0, 0.05) is 12.3 Å². The molecule has 2 N–H and O–H groups in total. The van der Waals surface area contributed by atoms with E-state index in [0.717, 1.165) is 12.8 Å². The fraction of sp³-hybridized carbons (Fsp3) is 0.727. The molecular formula is C11H18N2O3. The van der Waals surface area contributed by atoms with Gasteiger partial charge in [-0.3, -0.25) is 19.7 Å². The molecule has 0 aliphatic carbocycles. The van der Waals surface area contributed by atoms with Gasteiger partial charge in [-0.05, 0) is 12.8 Å². The van der Waals surface area contributed by atoms with Crippen molar-refractivity contribution in [2.45, 2.75) is 45.6 Å². The lowest BCUT2D eigenvalue weighted by molar-refractivity contribution is -0.138. The highest BCUT2D eigenvalue weighted by molar-refractivity contribution is 6.01. The highest BCUT2D eigenvalue weighted by Gasteiger charge is 2.28. The van der Waals surface area contributed by atoms with E-state index in [0.29, 0.717) is 12.8 Å². The third kappa shape index (κ3) is 3.32. The lowest BCUT2D eigenvalue weighted by Gasteiger charge is -2.23. The SMILES string of the molecule is CCCC(C)C(=O)NC1CCC(=O)NC1=O. The quantitative estimate of drug-likeness (QED) is 0.679. The smallest absolute Gasteiger partial charge is 0.249 e. The zero-order valence-corrected chi connectivity index (χ0v) is 9.71. The van der Waals surface area contributed by atoms with Crippen molar-refractivity contribution in [1.82, 2.24) is 10.6 Å². The average Bonchev–Trinajstić information content (AvgIpc) is 2.22. The summed E-state index contributed by atoms with van der Waals surface area (Å²) in [4.78, 5) is 33.9. The molecule has 1 saturated heterocycles. The van der Waals surface area contributed by atoms with E-state index in [1.807, 2.05) is 13.8 Å². The van der Waals surface area contributed by atoms with Gasteiger partial charge in [0.1, 0.15) is 6.04 Å². The van der Waals surface area contributed by atoms with E-state index in [2.05, 4.69) is 10.6 Å². The highest BCUT2D eigenvalue weighted by atomic mass is 16.2. The first-order chi connectivity index (χ1) is 7.54. The zero-order chi connectivity index (χ0) is 12.1. The summed E-state index contributed by atoms with van der Waals surface area (Å²) < 4.78 is 0. The molecule has 2 atom stereocenters. The summed E-state index contributed by atoms with van der Waals surface area (Å²) in [7, 11) is 0. The molecule has 1 heterocycles. The Hall–Kier alpha value is -1.39. The average molecular weight is 226 g/mol. The lowest BCUT2D eigenvalue weighted by atomic mass is 10.0. The molecule has 0 saturated carbocycles. The van der Waals surface area contributed by atoms with E-state index < -0.39 is 11.9 Å². The number of carbonyl (C=O) groups excluding carboxylic acids is 3. The lowest BCUT2D eigenvalue weighted by Crippen LogP contribution is -2.53. The van der Waals surface area contributed by atoms with E-state index in [1.165, 1.54) is 0 Å². The maximum Gasteiger partial charge on any atom is 0.249 e. The van der Waals surface area contributed by atoms with Crippen LogP contribution >= 0.6 is 0 Å². The fourth-order valence-corrected chi connectivity index (χ4v) is 1.71. The van der Waals surface area contributed by atoms with Gasteiger partial charge in [-0.2, -0.15) is 0 Å². The summed E-state index contributed by atoms with van der Waals surface area (Å²) in [6.45, 7) is 3.85. The maximum atomic E-state index is 11.7. The first kappa shape index (κ1) is 12.7. The number of imide groups is 1. The molecule has 0 aromatic carbocycles. The molecule has 3 amide bonds. The molecule has 2 unspecified atom stereocenters. The number of rotatable bonds is 4. The Balaban J connectivity index is 2.45. The summed E-state index contributed by atoms with van der Waals surface area (Å²) in [5.74, 6) is -0.864. The fourth-order valence-electron chi connectivity index (χ4n) is 1.71. The first-order valence-electron chi connectivity index (χ1n) is 5.68. The second-order valence-corrected chi connectivity index (χ2v) is 4.20. The third-order valence-electron chi connectivity index (χ3n) is 2.72. The molecule has 0 radical (unpaired) electrons. The van der Waals surface area contributed by atoms with E-state index >= 15 is 0 Å². The largest absolute Gasteiger partial charge is 0.344 e. The Bertz CT molecular complexity index is 302. The van der Waals surface area contributed by atoms with E-state index in [-0.39, 0.29) is 17.7 Å². The maximum absolute atomic E-state index is 11.7. The van der Waals surface area contributed by atoms with Crippen LogP contribution in [0, 0.1) is 5.92 Å². The van der Waals surface area contributed by atoms with Crippen molar-refractivity contribution in [2.75, 3.05) is 0 Å². The second kappa shape index (κ2) is 5.63. The predicted octanol–water partition coefficient (Wildman–Crippen LogP) is 0.344. The molecule has 1 aliphatic heterocycles. The standard InChI is InChI=1S/C11H18N2O3/c1-3-4-7(2)10(15)12-8-5-6-9(14)13-11(8)16/h7-8H,3-6H2,1-2H3,(H,12,15)(H,13,14,16). The van der Waals surface area contributed by atoms with Gasteiger partial charge >= 0.3 is 0 Å². The minimum absolute atomic E-state index is 0.0876. The minimum Gasteiger partial charge on any atom is -0.344 e. The van der Waals surface area contributed by atoms with Gasteiger partial charge < -0.3 is 5.32 Å². The van der Waals surface area contributed by atoms with Crippen LogP contribution in [0.25, 0.3) is 0 Å². The summed E-state index contributed by atoms with van der Waals surface area (Å²) in [5.41, 5.74) is 0. The number of carbonyl (C=O) groups is 3.